The molecular weight excluding hydrogens is 282 g/mol. The fraction of sp³-hybridized carbons (Fsp3) is 0.400. The van der Waals surface area contributed by atoms with Crippen LogP contribution in [0.1, 0.15) is 18.5 Å². The van der Waals surface area contributed by atoms with Crippen LogP contribution < -0.4 is 11.3 Å². The smallest absolute Gasteiger partial charge is 0.132 e. The lowest BCUT2D eigenvalue weighted by atomic mass is 10.1. The minimum absolute atomic E-state index is 0.112. The lowest BCUT2D eigenvalue weighted by Crippen LogP contribution is -2.32. The lowest BCUT2D eigenvalue weighted by molar-refractivity contribution is 0.121. The molecule has 0 spiro atoms. The number of rotatable bonds is 5. The van der Waals surface area contributed by atoms with Crippen molar-refractivity contribution in [2.75, 3.05) is 13.2 Å². The molecule has 0 heterocycles. The molecule has 16 heavy (non-hydrogen) atoms. The summed E-state index contributed by atoms with van der Waals surface area (Å²) in [5.74, 6) is 3.93. The molecule has 3 nitrogen and oxygen atoms in total. The van der Waals surface area contributed by atoms with Crippen molar-refractivity contribution in [2.24, 2.45) is 5.84 Å². The molecule has 1 aromatic rings. The van der Waals surface area contributed by atoms with Crippen molar-refractivity contribution >= 4 is 15.9 Å². The van der Waals surface area contributed by atoms with Gasteiger partial charge in [0.05, 0.1) is 12.6 Å². The predicted molar refractivity (Wildman–Crippen MR) is 60.6 cm³/mol. The average Bonchev–Trinajstić information content (AvgIpc) is 2.21. The second kappa shape index (κ2) is 6.24. The Morgan fingerprint density at radius 1 is 1.44 bits per heavy atom. The number of hydrazine groups is 1. The molecule has 1 unspecified atom stereocenters. The number of hydrogen-bond donors (Lipinski definition) is 2. The maximum atomic E-state index is 13.6. The van der Waals surface area contributed by atoms with E-state index >= 15 is 0 Å². The fourth-order valence-corrected chi connectivity index (χ4v) is 1.74. The summed E-state index contributed by atoms with van der Waals surface area (Å²) >= 11 is 3.01. The zero-order valence-corrected chi connectivity index (χ0v) is 10.4. The van der Waals surface area contributed by atoms with Crippen LogP contribution in [0.5, 0.6) is 0 Å². The van der Waals surface area contributed by atoms with E-state index in [1.807, 2.05) is 0 Å². The number of nitrogens with one attached hydrogen (secondary N) is 1. The summed E-state index contributed by atoms with van der Waals surface area (Å²) in [5.41, 5.74) is 2.22. The van der Waals surface area contributed by atoms with Crippen molar-refractivity contribution in [1.82, 2.24) is 5.43 Å². The molecule has 1 rings (SSSR count). The number of ether oxygens (including phenoxy) is 1. The Morgan fingerprint density at radius 2 is 2.00 bits per heavy atom. The van der Waals surface area contributed by atoms with Crippen molar-refractivity contribution in [2.45, 2.75) is 13.0 Å². The van der Waals surface area contributed by atoms with Gasteiger partial charge in [-0.1, -0.05) is 15.9 Å². The van der Waals surface area contributed by atoms with E-state index in [-0.39, 0.29) is 12.2 Å². The minimum atomic E-state index is -0.701. The Hall–Kier alpha value is -0.560. The fourth-order valence-electron chi connectivity index (χ4n) is 1.34. The van der Waals surface area contributed by atoms with Crippen LogP contribution >= 0.6 is 15.9 Å². The highest BCUT2D eigenvalue weighted by molar-refractivity contribution is 9.10. The molecule has 0 fully saturated rings. The van der Waals surface area contributed by atoms with Gasteiger partial charge in [-0.25, -0.2) is 8.78 Å². The molecule has 0 saturated carbocycles. The molecule has 1 atom stereocenters. The SMILES string of the molecule is CCOCC(NN)c1c(F)cc(Br)cc1F. The molecule has 0 aliphatic carbocycles. The van der Waals surface area contributed by atoms with Crippen molar-refractivity contribution in [3.05, 3.63) is 33.8 Å². The third-order valence-electron chi connectivity index (χ3n) is 2.08. The lowest BCUT2D eigenvalue weighted by Gasteiger charge is -2.17. The molecule has 0 saturated heterocycles. The van der Waals surface area contributed by atoms with E-state index in [4.69, 9.17) is 10.6 Å². The van der Waals surface area contributed by atoms with Crippen LogP contribution in [0.3, 0.4) is 0 Å². The quantitative estimate of drug-likeness (QED) is 0.647. The van der Waals surface area contributed by atoms with Crippen LogP contribution in [0, 0.1) is 11.6 Å². The molecule has 0 aliphatic heterocycles. The van der Waals surface area contributed by atoms with Crippen LogP contribution in [0.15, 0.2) is 16.6 Å². The zero-order chi connectivity index (χ0) is 12.1. The number of hydrogen-bond acceptors (Lipinski definition) is 3. The molecule has 0 aliphatic rings. The largest absolute Gasteiger partial charge is 0.380 e. The normalized spacial score (nSPS) is 12.8. The van der Waals surface area contributed by atoms with E-state index in [0.717, 1.165) is 0 Å². The van der Waals surface area contributed by atoms with Crippen molar-refractivity contribution in [1.29, 1.82) is 0 Å². The first-order chi connectivity index (χ1) is 7.60. The average molecular weight is 295 g/mol. The Balaban J connectivity index is 2.99. The maximum Gasteiger partial charge on any atom is 0.132 e. The molecule has 90 valence electrons. The molecular formula is C10H13BrF2N2O. The van der Waals surface area contributed by atoms with Gasteiger partial charge in [-0.3, -0.25) is 11.3 Å². The Bertz CT molecular complexity index is 340. The Kier molecular flexibility index (Phi) is 5.27. The highest BCUT2D eigenvalue weighted by Crippen LogP contribution is 2.24. The number of benzene rings is 1. The minimum Gasteiger partial charge on any atom is -0.380 e. The van der Waals surface area contributed by atoms with E-state index in [1.165, 1.54) is 12.1 Å². The van der Waals surface area contributed by atoms with Gasteiger partial charge in [0, 0.05) is 16.6 Å². The van der Waals surface area contributed by atoms with E-state index in [1.54, 1.807) is 6.92 Å². The van der Waals surface area contributed by atoms with Gasteiger partial charge >= 0.3 is 0 Å². The van der Waals surface area contributed by atoms with Gasteiger partial charge < -0.3 is 4.74 Å². The van der Waals surface area contributed by atoms with E-state index in [9.17, 15) is 8.78 Å². The third kappa shape index (κ3) is 3.21. The highest BCUT2D eigenvalue weighted by atomic mass is 79.9. The van der Waals surface area contributed by atoms with Gasteiger partial charge in [0.2, 0.25) is 0 Å². The second-order valence-corrected chi connectivity index (χ2v) is 4.08. The van der Waals surface area contributed by atoms with Crippen LogP contribution in [-0.4, -0.2) is 13.2 Å². The molecule has 0 amide bonds. The van der Waals surface area contributed by atoms with Crippen molar-refractivity contribution < 1.29 is 13.5 Å². The maximum absolute atomic E-state index is 13.6. The van der Waals surface area contributed by atoms with E-state index in [0.29, 0.717) is 11.1 Å². The molecule has 0 radical (unpaired) electrons. The van der Waals surface area contributed by atoms with Gasteiger partial charge in [-0.2, -0.15) is 0 Å². The van der Waals surface area contributed by atoms with Crippen LogP contribution in [0.4, 0.5) is 8.78 Å². The van der Waals surface area contributed by atoms with Crippen molar-refractivity contribution in [3.8, 4) is 0 Å². The second-order valence-electron chi connectivity index (χ2n) is 3.16. The van der Waals surface area contributed by atoms with E-state index < -0.39 is 17.7 Å². The van der Waals surface area contributed by atoms with Crippen LogP contribution in [0.25, 0.3) is 0 Å². The highest BCUT2D eigenvalue weighted by Gasteiger charge is 2.20. The zero-order valence-electron chi connectivity index (χ0n) is 8.77. The van der Waals surface area contributed by atoms with Crippen molar-refractivity contribution in [3.63, 3.8) is 0 Å². The Labute approximate surface area is 101 Å². The summed E-state index contributed by atoms with van der Waals surface area (Å²) < 4.78 is 32.5. The summed E-state index contributed by atoms with van der Waals surface area (Å²) in [6, 6.07) is 1.68. The standard InChI is InChI=1S/C10H13BrF2N2O/c1-2-16-5-9(15-14)10-7(12)3-6(11)4-8(10)13/h3-4,9,15H,2,5,14H2,1H3. The third-order valence-corrected chi connectivity index (χ3v) is 2.54. The number of halogens is 3. The molecule has 0 bridgehead atoms. The topological polar surface area (TPSA) is 47.3 Å². The first kappa shape index (κ1) is 13.5. The molecule has 3 N–H and O–H groups in total. The molecule has 1 aromatic carbocycles. The van der Waals surface area contributed by atoms with Crippen LogP contribution in [0.2, 0.25) is 0 Å². The van der Waals surface area contributed by atoms with E-state index in [2.05, 4.69) is 21.4 Å². The summed E-state index contributed by atoms with van der Waals surface area (Å²) in [4.78, 5) is 0. The van der Waals surface area contributed by atoms with Gasteiger partial charge in [0.25, 0.3) is 0 Å². The van der Waals surface area contributed by atoms with Gasteiger partial charge in [0.1, 0.15) is 11.6 Å². The monoisotopic (exact) mass is 294 g/mol. The molecule has 6 heteroatoms. The summed E-state index contributed by atoms with van der Waals surface area (Å²) in [5, 5.41) is 0. The number of nitrogens with two attached hydrogens (primary N) is 1. The summed E-state index contributed by atoms with van der Waals surface area (Å²) in [7, 11) is 0. The Morgan fingerprint density at radius 3 is 2.44 bits per heavy atom. The predicted octanol–water partition coefficient (Wildman–Crippen LogP) is 2.27. The first-order valence-corrected chi connectivity index (χ1v) is 5.57. The van der Waals surface area contributed by atoms with Gasteiger partial charge in [-0.15, -0.1) is 0 Å². The van der Waals surface area contributed by atoms with Gasteiger partial charge in [0.15, 0.2) is 0 Å². The summed E-state index contributed by atoms with van der Waals surface area (Å²) in [6.07, 6.45) is 0. The van der Waals surface area contributed by atoms with Gasteiger partial charge in [-0.05, 0) is 19.1 Å². The summed E-state index contributed by atoms with van der Waals surface area (Å²) in [6.45, 7) is 2.36. The molecule has 0 aromatic heterocycles. The first-order valence-electron chi connectivity index (χ1n) is 4.78. The van der Waals surface area contributed by atoms with Crippen LogP contribution in [-0.2, 0) is 4.74 Å².